The number of urea groups is 1. The number of halogens is 3. The van der Waals surface area contributed by atoms with Crippen molar-refractivity contribution in [2.75, 3.05) is 10.6 Å². The molecule has 3 N–H and O–H groups in total. The summed E-state index contributed by atoms with van der Waals surface area (Å²) in [5, 5.41) is 7.33. The van der Waals surface area contributed by atoms with Crippen molar-refractivity contribution in [3.8, 4) is 0 Å². The predicted molar refractivity (Wildman–Crippen MR) is 89.4 cm³/mol. The number of benzene rings is 1. The van der Waals surface area contributed by atoms with Crippen LogP contribution in [0.25, 0.3) is 0 Å². The molecule has 1 aliphatic carbocycles. The van der Waals surface area contributed by atoms with E-state index in [0.717, 1.165) is 50.7 Å². The average molecular weight is 357 g/mol. The summed E-state index contributed by atoms with van der Waals surface area (Å²) in [6.45, 7) is 1.21. The Kier molecular flexibility index (Phi) is 6.27. The third-order valence-corrected chi connectivity index (χ3v) is 4.08. The van der Waals surface area contributed by atoms with Crippen molar-refractivity contribution in [3.05, 3.63) is 23.8 Å². The van der Waals surface area contributed by atoms with E-state index in [0.29, 0.717) is 0 Å². The minimum absolute atomic E-state index is 0.0181. The lowest BCUT2D eigenvalue weighted by Gasteiger charge is -2.19. The number of carbonyl (C=O) groups excluding carboxylic acids is 2. The highest BCUT2D eigenvalue weighted by atomic mass is 19.4. The minimum Gasteiger partial charge on any atom is -0.335 e. The van der Waals surface area contributed by atoms with Crippen molar-refractivity contribution < 1.29 is 22.8 Å². The number of nitrogens with one attached hydrogen (secondary N) is 3. The van der Waals surface area contributed by atoms with Crippen molar-refractivity contribution in [2.24, 2.45) is 0 Å². The fourth-order valence-corrected chi connectivity index (χ4v) is 2.94. The maximum absolute atomic E-state index is 13.2. The van der Waals surface area contributed by atoms with E-state index in [9.17, 15) is 22.8 Å². The van der Waals surface area contributed by atoms with E-state index in [-0.39, 0.29) is 17.4 Å². The highest BCUT2D eigenvalue weighted by Gasteiger charge is 2.34. The Morgan fingerprint density at radius 1 is 1.04 bits per heavy atom. The molecule has 1 fully saturated rings. The molecule has 0 spiro atoms. The standard InChI is InChI=1S/C17H22F3N3O2/c1-11(24)21-13-8-9-15(14(10-13)17(18,19)20)23-16(25)22-12-6-4-2-3-5-7-12/h8-10,12H,2-7H2,1H3,(H,21,24)(H2,22,23,25). The van der Waals surface area contributed by atoms with Gasteiger partial charge in [-0.05, 0) is 31.0 Å². The molecular weight excluding hydrogens is 335 g/mol. The summed E-state index contributed by atoms with van der Waals surface area (Å²) in [4.78, 5) is 23.1. The molecular formula is C17H22F3N3O2. The zero-order chi connectivity index (χ0) is 18.4. The molecule has 3 amide bonds. The Labute approximate surface area is 144 Å². The largest absolute Gasteiger partial charge is 0.418 e. The van der Waals surface area contributed by atoms with Gasteiger partial charge in [0.15, 0.2) is 0 Å². The second kappa shape index (κ2) is 8.22. The first-order valence-electron chi connectivity index (χ1n) is 8.32. The topological polar surface area (TPSA) is 70.2 Å². The van der Waals surface area contributed by atoms with Gasteiger partial charge < -0.3 is 16.0 Å². The average Bonchev–Trinajstić information content (AvgIpc) is 2.75. The molecule has 1 aromatic rings. The Bertz CT molecular complexity index is 624. The van der Waals surface area contributed by atoms with E-state index < -0.39 is 23.7 Å². The quantitative estimate of drug-likeness (QED) is 0.697. The number of carbonyl (C=O) groups is 2. The number of rotatable bonds is 3. The van der Waals surface area contributed by atoms with Gasteiger partial charge in [0.05, 0.1) is 11.3 Å². The molecule has 0 saturated heterocycles. The molecule has 0 heterocycles. The molecule has 0 aromatic heterocycles. The number of amides is 3. The minimum atomic E-state index is -4.65. The number of anilines is 2. The summed E-state index contributed by atoms with van der Waals surface area (Å²) in [6.07, 6.45) is 1.25. The van der Waals surface area contributed by atoms with Crippen molar-refractivity contribution in [1.82, 2.24) is 5.32 Å². The Hall–Kier alpha value is -2.25. The van der Waals surface area contributed by atoms with Gasteiger partial charge in [0, 0.05) is 18.7 Å². The lowest BCUT2D eigenvalue weighted by molar-refractivity contribution is -0.137. The van der Waals surface area contributed by atoms with Crippen molar-refractivity contribution in [1.29, 1.82) is 0 Å². The van der Waals surface area contributed by atoms with Crippen LogP contribution in [0.3, 0.4) is 0 Å². The molecule has 5 nitrogen and oxygen atoms in total. The summed E-state index contributed by atoms with van der Waals surface area (Å²) in [5.41, 5.74) is -1.32. The molecule has 0 radical (unpaired) electrons. The van der Waals surface area contributed by atoms with Gasteiger partial charge in [-0.1, -0.05) is 25.7 Å². The van der Waals surface area contributed by atoms with Crippen molar-refractivity contribution >= 4 is 23.3 Å². The summed E-state index contributed by atoms with van der Waals surface area (Å²) >= 11 is 0. The first kappa shape index (κ1) is 19.1. The van der Waals surface area contributed by atoms with Crippen LogP contribution < -0.4 is 16.0 Å². The number of hydrogen-bond donors (Lipinski definition) is 3. The lowest BCUT2D eigenvalue weighted by atomic mass is 10.1. The zero-order valence-electron chi connectivity index (χ0n) is 14.0. The van der Waals surface area contributed by atoms with Crippen LogP contribution in [0.2, 0.25) is 0 Å². The smallest absolute Gasteiger partial charge is 0.335 e. The maximum atomic E-state index is 13.2. The number of hydrogen-bond acceptors (Lipinski definition) is 2. The van der Waals surface area contributed by atoms with Crippen LogP contribution in [0.5, 0.6) is 0 Å². The molecule has 0 aliphatic heterocycles. The Morgan fingerprint density at radius 2 is 1.68 bits per heavy atom. The molecule has 8 heteroatoms. The molecule has 2 rings (SSSR count). The highest BCUT2D eigenvalue weighted by molar-refractivity contribution is 5.92. The number of alkyl halides is 3. The Morgan fingerprint density at radius 3 is 2.24 bits per heavy atom. The van der Waals surface area contributed by atoms with E-state index in [1.54, 1.807) is 0 Å². The zero-order valence-corrected chi connectivity index (χ0v) is 14.0. The van der Waals surface area contributed by atoms with Crippen molar-refractivity contribution in [3.63, 3.8) is 0 Å². The molecule has 1 aromatic carbocycles. The molecule has 138 valence electrons. The van der Waals surface area contributed by atoms with E-state index in [1.807, 2.05) is 0 Å². The van der Waals surface area contributed by atoms with Gasteiger partial charge in [0.1, 0.15) is 0 Å². The third kappa shape index (κ3) is 5.95. The van der Waals surface area contributed by atoms with Crippen LogP contribution >= 0.6 is 0 Å². The summed E-state index contributed by atoms with van der Waals surface area (Å²) in [7, 11) is 0. The van der Waals surface area contributed by atoms with E-state index in [2.05, 4.69) is 16.0 Å². The molecule has 0 bridgehead atoms. The molecule has 0 unspecified atom stereocenters. The summed E-state index contributed by atoms with van der Waals surface area (Å²) in [6, 6.07) is 2.60. The summed E-state index contributed by atoms with van der Waals surface area (Å²) < 4.78 is 39.7. The molecule has 1 saturated carbocycles. The Balaban J connectivity index is 2.11. The van der Waals surface area contributed by atoms with Gasteiger partial charge in [0.2, 0.25) is 5.91 Å². The maximum Gasteiger partial charge on any atom is 0.418 e. The van der Waals surface area contributed by atoms with Crippen LogP contribution in [-0.4, -0.2) is 18.0 Å². The SMILES string of the molecule is CC(=O)Nc1ccc(NC(=O)NC2CCCCCC2)c(C(F)(F)F)c1. The monoisotopic (exact) mass is 357 g/mol. The van der Waals surface area contributed by atoms with Gasteiger partial charge in [-0.3, -0.25) is 4.79 Å². The first-order chi connectivity index (χ1) is 11.8. The van der Waals surface area contributed by atoms with Gasteiger partial charge in [-0.2, -0.15) is 13.2 Å². The van der Waals surface area contributed by atoms with Gasteiger partial charge in [0.25, 0.3) is 0 Å². The van der Waals surface area contributed by atoms with E-state index in [1.165, 1.54) is 13.0 Å². The fraction of sp³-hybridized carbons (Fsp3) is 0.529. The highest BCUT2D eigenvalue weighted by Crippen LogP contribution is 2.36. The van der Waals surface area contributed by atoms with Gasteiger partial charge in [-0.25, -0.2) is 4.79 Å². The second-order valence-corrected chi connectivity index (χ2v) is 6.23. The first-order valence-corrected chi connectivity index (χ1v) is 8.32. The fourth-order valence-electron chi connectivity index (χ4n) is 2.94. The van der Waals surface area contributed by atoms with E-state index >= 15 is 0 Å². The second-order valence-electron chi connectivity index (χ2n) is 6.23. The lowest BCUT2D eigenvalue weighted by Crippen LogP contribution is -2.38. The van der Waals surface area contributed by atoms with Gasteiger partial charge >= 0.3 is 12.2 Å². The third-order valence-electron chi connectivity index (χ3n) is 4.08. The normalized spacial score (nSPS) is 16.0. The van der Waals surface area contributed by atoms with Gasteiger partial charge in [-0.15, -0.1) is 0 Å². The van der Waals surface area contributed by atoms with Crippen LogP contribution in [0.1, 0.15) is 51.0 Å². The van der Waals surface area contributed by atoms with Crippen molar-refractivity contribution in [2.45, 2.75) is 57.7 Å². The van der Waals surface area contributed by atoms with E-state index in [4.69, 9.17) is 0 Å². The van der Waals surface area contributed by atoms with Crippen LogP contribution in [0, 0.1) is 0 Å². The molecule has 25 heavy (non-hydrogen) atoms. The summed E-state index contributed by atoms with van der Waals surface area (Å²) in [5.74, 6) is -0.472. The predicted octanol–water partition coefficient (Wildman–Crippen LogP) is 4.51. The molecule has 1 aliphatic rings. The van der Waals surface area contributed by atoms with Crippen LogP contribution in [0.4, 0.5) is 29.3 Å². The van der Waals surface area contributed by atoms with Crippen LogP contribution in [-0.2, 0) is 11.0 Å². The van der Waals surface area contributed by atoms with Crippen LogP contribution in [0.15, 0.2) is 18.2 Å². The molecule has 0 atom stereocenters.